The summed E-state index contributed by atoms with van der Waals surface area (Å²) < 4.78 is 11.7. The van der Waals surface area contributed by atoms with E-state index in [9.17, 15) is 4.79 Å². The van der Waals surface area contributed by atoms with Crippen molar-refractivity contribution in [3.8, 4) is 5.75 Å². The standard InChI is InChI=1S/C19H23NO3/c1-13-8-9-20(11-13)19(21)12-22-14-6-7-18-16(10-14)15-4-2-3-5-17(15)23-18/h6-7,10,13H,2-5,8-9,11-12H2,1H3. The first-order valence-electron chi connectivity index (χ1n) is 8.65. The Morgan fingerprint density at radius 2 is 2.22 bits per heavy atom. The molecule has 4 rings (SSSR count). The molecule has 2 aliphatic rings. The second kappa shape index (κ2) is 5.91. The normalized spacial score (nSPS) is 20.7. The van der Waals surface area contributed by atoms with Crippen LogP contribution in [0.15, 0.2) is 22.6 Å². The minimum absolute atomic E-state index is 0.0867. The molecule has 2 heterocycles. The zero-order valence-electron chi connectivity index (χ0n) is 13.6. The minimum Gasteiger partial charge on any atom is -0.484 e. The van der Waals surface area contributed by atoms with Gasteiger partial charge in [-0.3, -0.25) is 4.79 Å². The molecule has 23 heavy (non-hydrogen) atoms. The van der Waals surface area contributed by atoms with Crippen LogP contribution in [0.3, 0.4) is 0 Å². The van der Waals surface area contributed by atoms with Crippen LogP contribution < -0.4 is 4.74 Å². The Labute approximate surface area is 136 Å². The van der Waals surface area contributed by atoms with Gasteiger partial charge in [-0.2, -0.15) is 0 Å². The maximum absolute atomic E-state index is 12.2. The third kappa shape index (κ3) is 2.82. The largest absolute Gasteiger partial charge is 0.484 e. The number of furan rings is 1. The maximum atomic E-state index is 12.2. The van der Waals surface area contributed by atoms with E-state index in [-0.39, 0.29) is 12.5 Å². The summed E-state index contributed by atoms with van der Waals surface area (Å²) >= 11 is 0. The van der Waals surface area contributed by atoms with Gasteiger partial charge in [0.2, 0.25) is 0 Å². The van der Waals surface area contributed by atoms with Crippen molar-refractivity contribution >= 4 is 16.9 Å². The quantitative estimate of drug-likeness (QED) is 0.870. The number of benzene rings is 1. The summed E-state index contributed by atoms with van der Waals surface area (Å²) in [6, 6.07) is 5.89. The van der Waals surface area contributed by atoms with Gasteiger partial charge >= 0.3 is 0 Å². The molecular formula is C19H23NO3. The lowest BCUT2D eigenvalue weighted by Gasteiger charge is -2.16. The lowest BCUT2D eigenvalue weighted by atomic mass is 9.96. The second-order valence-electron chi connectivity index (χ2n) is 6.89. The van der Waals surface area contributed by atoms with Gasteiger partial charge in [-0.1, -0.05) is 6.92 Å². The maximum Gasteiger partial charge on any atom is 0.260 e. The van der Waals surface area contributed by atoms with Crippen molar-refractivity contribution < 1.29 is 13.9 Å². The van der Waals surface area contributed by atoms with Crippen LogP contribution in [-0.2, 0) is 17.6 Å². The van der Waals surface area contributed by atoms with Crippen molar-refractivity contribution in [1.82, 2.24) is 4.90 Å². The smallest absolute Gasteiger partial charge is 0.260 e. The molecular weight excluding hydrogens is 290 g/mol. The predicted octanol–water partition coefficient (Wildman–Crippen LogP) is 3.56. The molecule has 0 spiro atoms. The Morgan fingerprint density at radius 3 is 3.04 bits per heavy atom. The van der Waals surface area contributed by atoms with Crippen LogP contribution in [-0.4, -0.2) is 30.5 Å². The molecule has 1 amide bonds. The lowest BCUT2D eigenvalue weighted by Crippen LogP contribution is -2.32. The van der Waals surface area contributed by atoms with Gasteiger partial charge in [-0.05, 0) is 49.8 Å². The number of carbonyl (C=O) groups excluding carboxylic acids is 1. The number of hydrogen-bond donors (Lipinski definition) is 0. The van der Waals surface area contributed by atoms with E-state index in [0.29, 0.717) is 5.92 Å². The molecule has 1 atom stereocenters. The Morgan fingerprint density at radius 1 is 1.35 bits per heavy atom. The van der Waals surface area contributed by atoms with Gasteiger partial charge in [0, 0.05) is 30.5 Å². The summed E-state index contributed by atoms with van der Waals surface area (Å²) in [6.07, 6.45) is 5.64. The fourth-order valence-electron chi connectivity index (χ4n) is 3.73. The molecule has 0 radical (unpaired) electrons. The first kappa shape index (κ1) is 14.6. The number of hydrogen-bond acceptors (Lipinski definition) is 3. The third-order valence-electron chi connectivity index (χ3n) is 5.07. The zero-order chi connectivity index (χ0) is 15.8. The van der Waals surface area contributed by atoms with E-state index < -0.39 is 0 Å². The molecule has 0 N–H and O–H groups in total. The number of amides is 1. The summed E-state index contributed by atoms with van der Waals surface area (Å²) in [7, 11) is 0. The van der Waals surface area contributed by atoms with Crippen molar-refractivity contribution in [1.29, 1.82) is 0 Å². The van der Waals surface area contributed by atoms with Gasteiger partial charge in [0.15, 0.2) is 6.61 Å². The molecule has 122 valence electrons. The summed E-state index contributed by atoms with van der Waals surface area (Å²) in [5.41, 5.74) is 2.26. The summed E-state index contributed by atoms with van der Waals surface area (Å²) in [6.45, 7) is 4.02. The highest BCUT2D eigenvalue weighted by Gasteiger charge is 2.23. The highest BCUT2D eigenvalue weighted by Crippen LogP contribution is 2.33. The summed E-state index contributed by atoms with van der Waals surface area (Å²) in [5.74, 6) is 2.58. The molecule has 1 unspecified atom stereocenters. The number of ether oxygens (including phenoxy) is 1. The number of likely N-dealkylation sites (tertiary alicyclic amines) is 1. The van der Waals surface area contributed by atoms with Crippen molar-refractivity contribution in [2.24, 2.45) is 5.92 Å². The Bertz CT molecular complexity index is 734. The van der Waals surface area contributed by atoms with Crippen LogP contribution >= 0.6 is 0 Å². The van der Waals surface area contributed by atoms with Gasteiger partial charge in [-0.15, -0.1) is 0 Å². The highest BCUT2D eigenvalue weighted by atomic mass is 16.5. The minimum atomic E-state index is 0.0867. The molecule has 1 saturated heterocycles. The lowest BCUT2D eigenvalue weighted by molar-refractivity contribution is -0.132. The average Bonchev–Trinajstić information content (AvgIpc) is 3.16. The van der Waals surface area contributed by atoms with Crippen LogP contribution in [0.2, 0.25) is 0 Å². The molecule has 1 aromatic carbocycles. The molecule has 1 aromatic heterocycles. The SMILES string of the molecule is CC1CCN(C(=O)COc2ccc3oc4c(c3c2)CCCC4)C1. The zero-order valence-corrected chi connectivity index (χ0v) is 13.6. The molecule has 4 nitrogen and oxygen atoms in total. The highest BCUT2D eigenvalue weighted by molar-refractivity contribution is 5.84. The van der Waals surface area contributed by atoms with Crippen molar-refractivity contribution in [3.05, 3.63) is 29.5 Å². The monoisotopic (exact) mass is 313 g/mol. The van der Waals surface area contributed by atoms with E-state index in [2.05, 4.69) is 6.92 Å². The van der Waals surface area contributed by atoms with E-state index in [1.165, 1.54) is 18.4 Å². The van der Waals surface area contributed by atoms with Gasteiger partial charge in [0.1, 0.15) is 17.1 Å². The predicted molar refractivity (Wildman–Crippen MR) is 88.7 cm³/mol. The van der Waals surface area contributed by atoms with E-state index in [0.717, 1.165) is 54.8 Å². The molecule has 2 aromatic rings. The van der Waals surface area contributed by atoms with Crippen LogP contribution in [0.1, 0.15) is 37.5 Å². The first-order chi connectivity index (χ1) is 11.2. The van der Waals surface area contributed by atoms with Crippen molar-refractivity contribution in [3.63, 3.8) is 0 Å². The Hall–Kier alpha value is -1.97. The van der Waals surface area contributed by atoms with Gasteiger partial charge in [0.25, 0.3) is 5.91 Å². The summed E-state index contributed by atoms with van der Waals surface area (Å²) in [5, 5.41) is 1.15. The first-order valence-corrected chi connectivity index (χ1v) is 8.65. The Balaban J connectivity index is 1.48. The average molecular weight is 313 g/mol. The van der Waals surface area contributed by atoms with Crippen molar-refractivity contribution in [2.45, 2.75) is 39.0 Å². The molecule has 0 saturated carbocycles. The molecule has 1 aliphatic heterocycles. The molecule has 1 fully saturated rings. The van der Waals surface area contributed by atoms with Crippen LogP contribution in [0.5, 0.6) is 5.75 Å². The van der Waals surface area contributed by atoms with Crippen LogP contribution in [0.25, 0.3) is 11.0 Å². The Kier molecular flexibility index (Phi) is 3.76. The molecule has 1 aliphatic carbocycles. The number of carbonyl (C=O) groups is 1. The number of aryl methyl sites for hydroxylation is 2. The van der Waals surface area contributed by atoms with E-state index >= 15 is 0 Å². The van der Waals surface area contributed by atoms with E-state index in [1.807, 2.05) is 23.1 Å². The number of nitrogens with zero attached hydrogens (tertiary/aromatic N) is 1. The second-order valence-corrected chi connectivity index (χ2v) is 6.89. The molecule has 4 heteroatoms. The number of rotatable bonds is 3. The number of fused-ring (bicyclic) bond motifs is 3. The van der Waals surface area contributed by atoms with E-state index in [1.54, 1.807) is 0 Å². The van der Waals surface area contributed by atoms with Gasteiger partial charge < -0.3 is 14.1 Å². The van der Waals surface area contributed by atoms with E-state index in [4.69, 9.17) is 9.15 Å². The fourth-order valence-corrected chi connectivity index (χ4v) is 3.73. The van der Waals surface area contributed by atoms with Crippen LogP contribution in [0.4, 0.5) is 0 Å². The topological polar surface area (TPSA) is 42.7 Å². The van der Waals surface area contributed by atoms with Crippen LogP contribution in [0, 0.1) is 5.92 Å². The molecule has 0 bridgehead atoms. The van der Waals surface area contributed by atoms with Gasteiger partial charge in [0.05, 0.1) is 0 Å². The third-order valence-corrected chi connectivity index (χ3v) is 5.07. The van der Waals surface area contributed by atoms with Gasteiger partial charge in [-0.25, -0.2) is 0 Å². The fraction of sp³-hybridized carbons (Fsp3) is 0.526. The summed E-state index contributed by atoms with van der Waals surface area (Å²) in [4.78, 5) is 14.1. The van der Waals surface area contributed by atoms with Crippen molar-refractivity contribution in [2.75, 3.05) is 19.7 Å².